The third-order valence-corrected chi connectivity index (χ3v) is 4.02. The maximum Gasteiger partial charge on any atom is 0.132 e. The molecule has 1 heterocycles. The van der Waals surface area contributed by atoms with Crippen LogP contribution >= 0.6 is 35.4 Å². The monoisotopic (exact) mass is 312 g/mol. The molecule has 0 aliphatic rings. The van der Waals surface area contributed by atoms with Gasteiger partial charge in [0.1, 0.15) is 10.5 Å². The number of halogens is 2. The number of aromatic amines is 1. The van der Waals surface area contributed by atoms with E-state index < -0.39 is 0 Å². The lowest BCUT2D eigenvalue weighted by molar-refractivity contribution is 0.881. The Balaban J connectivity index is 2.38. The Kier molecular flexibility index (Phi) is 4.61. The molecule has 0 saturated heterocycles. The Hall–Kier alpha value is -0.900. The van der Waals surface area contributed by atoms with E-state index >= 15 is 0 Å². The molecule has 2 nitrogen and oxygen atoms in total. The second-order valence-corrected chi connectivity index (χ2v) is 5.59. The molecule has 2 aromatic rings. The molecule has 100 valence electrons. The van der Waals surface area contributed by atoms with Gasteiger partial charge in [-0.2, -0.15) is 0 Å². The van der Waals surface area contributed by atoms with Gasteiger partial charge in [0.25, 0.3) is 0 Å². The van der Waals surface area contributed by atoms with Crippen molar-refractivity contribution in [1.29, 1.82) is 0 Å². The van der Waals surface area contributed by atoms with Gasteiger partial charge in [0.15, 0.2) is 0 Å². The van der Waals surface area contributed by atoms with Crippen LogP contribution in [-0.4, -0.2) is 9.97 Å². The van der Waals surface area contributed by atoms with Crippen LogP contribution in [0.25, 0.3) is 0 Å². The zero-order chi connectivity index (χ0) is 14.0. The summed E-state index contributed by atoms with van der Waals surface area (Å²) in [5, 5.41) is 1.28. The smallest absolute Gasteiger partial charge is 0.132 e. The summed E-state index contributed by atoms with van der Waals surface area (Å²) in [5.41, 5.74) is 3.15. The minimum absolute atomic E-state index is 0.618. The number of rotatable bonds is 3. The predicted octanol–water partition coefficient (Wildman–Crippen LogP) is 4.91. The summed E-state index contributed by atoms with van der Waals surface area (Å²) in [7, 11) is 0. The summed E-state index contributed by atoms with van der Waals surface area (Å²) in [5.74, 6) is 0.830. The molecule has 19 heavy (non-hydrogen) atoms. The summed E-state index contributed by atoms with van der Waals surface area (Å²) in [6.07, 6.45) is 1.52. The highest BCUT2D eigenvalue weighted by atomic mass is 35.5. The average molecular weight is 313 g/mol. The molecule has 0 unspecified atom stereocenters. The van der Waals surface area contributed by atoms with Crippen LogP contribution in [0.5, 0.6) is 0 Å². The molecule has 2 rings (SSSR count). The fourth-order valence-corrected chi connectivity index (χ4v) is 2.62. The quantitative estimate of drug-likeness (QED) is 0.816. The van der Waals surface area contributed by atoms with Crippen LogP contribution in [0, 0.1) is 11.6 Å². The van der Waals surface area contributed by atoms with E-state index in [4.69, 9.17) is 35.4 Å². The summed E-state index contributed by atoms with van der Waals surface area (Å²) < 4.78 is 0.649. The Morgan fingerprint density at radius 2 is 2.05 bits per heavy atom. The number of H-pyrrole nitrogens is 1. The highest BCUT2D eigenvalue weighted by molar-refractivity contribution is 7.71. The second-order valence-electron chi connectivity index (χ2n) is 4.36. The Morgan fingerprint density at radius 1 is 1.32 bits per heavy atom. The topological polar surface area (TPSA) is 28.7 Å². The van der Waals surface area contributed by atoms with E-state index in [9.17, 15) is 0 Å². The third kappa shape index (κ3) is 3.35. The van der Waals surface area contributed by atoms with Gasteiger partial charge in [-0.3, -0.25) is 0 Å². The number of aryl methyl sites for hydroxylation is 1. The second kappa shape index (κ2) is 6.04. The molecule has 0 aliphatic heterocycles. The van der Waals surface area contributed by atoms with E-state index in [2.05, 4.69) is 16.9 Å². The number of benzene rings is 1. The number of nitrogens with zero attached hydrogens (tertiary/aromatic N) is 1. The summed E-state index contributed by atoms with van der Waals surface area (Å²) in [4.78, 5) is 7.73. The molecular formula is C14H14Cl2N2S. The largest absolute Gasteiger partial charge is 0.347 e. The van der Waals surface area contributed by atoms with E-state index in [1.54, 1.807) is 6.07 Å². The SMILES string of the molecule is CCc1[nH]c(Cc2ccc(Cl)cc2Cl)nc(=S)c1C. The van der Waals surface area contributed by atoms with Gasteiger partial charge in [-0.25, -0.2) is 4.98 Å². The highest BCUT2D eigenvalue weighted by Crippen LogP contribution is 2.22. The van der Waals surface area contributed by atoms with Crippen molar-refractivity contribution in [3.63, 3.8) is 0 Å². The standard InChI is InChI=1S/C14H14Cl2N2S/c1-3-12-8(2)14(19)18-13(17-12)6-9-4-5-10(15)7-11(9)16/h4-5,7H,3,6H2,1-2H3,(H,17,18,19). The lowest BCUT2D eigenvalue weighted by Gasteiger charge is -2.09. The predicted molar refractivity (Wildman–Crippen MR) is 82.8 cm³/mol. The molecule has 0 saturated carbocycles. The number of aromatic nitrogens is 2. The van der Waals surface area contributed by atoms with Crippen LogP contribution in [0.15, 0.2) is 18.2 Å². The Bertz CT molecular complexity index is 665. The zero-order valence-corrected chi connectivity index (χ0v) is 13.1. The fraction of sp³-hybridized carbons (Fsp3) is 0.286. The number of nitrogens with one attached hydrogen (secondary N) is 1. The third-order valence-electron chi connectivity index (χ3n) is 3.03. The molecule has 0 atom stereocenters. The van der Waals surface area contributed by atoms with Crippen molar-refractivity contribution in [2.75, 3.05) is 0 Å². The van der Waals surface area contributed by atoms with Crippen LogP contribution in [0.1, 0.15) is 29.6 Å². The van der Waals surface area contributed by atoms with E-state index in [-0.39, 0.29) is 0 Å². The molecule has 0 amide bonds. The summed E-state index contributed by atoms with van der Waals surface area (Å²) in [6.45, 7) is 4.08. The minimum atomic E-state index is 0.618. The van der Waals surface area contributed by atoms with Crippen LogP contribution in [0.4, 0.5) is 0 Å². The van der Waals surface area contributed by atoms with Gasteiger partial charge in [0.05, 0.1) is 0 Å². The normalized spacial score (nSPS) is 10.7. The van der Waals surface area contributed by atoms with Gasteiger partial charge in [-0.15, -0.1) is 0 Å². The molecule has 0 aliphatic carbocycles. The van der Waals surface area contributed by atoms with Crippen molar-refractivity contribution in [2.24, 2.45) is 0 Å². The maximum atomic E-state index is 6.17. The van der Waals surface area contributed by atoms with Gasteiger partial charge >= 0.3 is 0 Å². The number of hydrogen-bond donors (Lipinski definition) is 1. The molecule has 0 bridgehead atoms. The minimum Gasteiger partial charge on any atom is -0.347 e. The van der Waals surface area contributed by atoms with Crippen molar-refractivity contribution < 1.29 is 0 Å². The summed E-state index contributed by atoms with van der Waals surface area (Å²) in [6, 6.07) is 5.48. The van der Waals surface area contributed by atoms with E-state index in [0.717, 1.165) is 29.1 Å². The first kappa shape index (κ1) is 14.5. The lowest BCUT2D eigenvalue weighted by atomic mass is 10.1. The van der Waals surface area contributed by atoms with Crippen molar-refractivity contribution >= 4 is 35.4 Å². The highest BCUT2D eigenvalue weighted by Gasteiger charge is 2.07. The first-order chi connectivity index (χ1) is 9.01. The molecule has 0 spiro atoms. The molecule has 5 heteroatoms. The van der Waals surface area contributed by atoms with Crippen LogP contribution < -0.4 is 0 Å². The number of hydrogen-bond acceptors (Lipinski definition) is 2. The van der Waals surface area contributed by atoms with Gasteiger partial charge in [0, 0.05) is 27.7 Å². The van der Waals surface area contributed by atoms with Crippen molar-refractivity contribution in [1.82, 2.24) is 9.97 Å². The van der Waals surface area contributed by atoms with Crippen LogP contribution in [-0.2, 0) is 12.8 Å². The van der Waals surface area contributed by atoms with Gasteiger partial charge < -0.3 is 4.98 Å². The van der Waals surface area contributed by atoms with E-state index in [1.807, 2.05) is 19.1 Å². The molecular weight excluding hydrogens is 299 g/mol. The van der Waals surface area contributed by atoms with E-state index in [0.29, 0.717) is 21.1 Å². The molecule has 0 radical (unpaired) electrons. The Morgan fingerprint density at radius 3 is 2.68 bits per heavy atom. The molecule has 1 aromatic heterocycles. The summed E-state index contributed by atoms with van der Waals surface area (Å²) >= 11 is 17.3. The van der Waals surface area contributed by atoms with Gasteiger partial charge in [0.2, 0.25) is 0 Å². The van der Waals surface area contributed by atoms with Gasteiger partial charge in [-0.05, 0) is 31.0 Å². The first-order valence-corrected chi connectivity index (χ1v) is 7.20. The molecule has 1 aromatic carbocycles. The van der Waals surface area contributed by atoms with E-state index in [1.165, 1.54) is 0 Å². The maximum absolute atomic E-state index is 6.17. The Labute approximate surface area is 127 Å². The first-order valence-electron chi connectivity index (χ1n) is 6.04. The van der Waals surface area contributed by atoms with Crippen molar-refractivity contribution in [3.8, 4) is 0 Å². The lowest BCUT2D eigenvalue weighted by Crippen LogP contribution is -2.03. The fourth-order valence-electron chi connectivity index (χ4n) is 1.91. The average Bonchev–Trinajstić information content (AvgIpc) is 2.37. The molecule has 1 N–H and O–H groups in total. The van der Waals surface area contributed by atoms with Crippen molar-refractivity contribution in [2.45, 2.75) is 26.7 Å². The van der Waals surface area contributed by atoms with Crippen molar-refractivity contribution in [3.05, 3.63) is 55.5 Å². The van der Waals surface area contributed by atoms with Crippen LogP contribution in [0.2, 0.25) is 10.0 Å². The molecule has 0 fully saturated rings. The van der Waals surface area contributed by atoms with Gasteiger partial charge in [-0.1, -0.05) is 48.4 Å². The van der Waals surface area contributed by atoms with Crippen LogP contribution in [0.3, 0.4) is 0 Å². The zero-order valence-electron chi connectivity index (χ0n) is 10.8.